The predicted molar refractivity (Wildman–Crippen MR) is 74.5 cm³/mol. The van der Waals surface area contributed by atoms with Crippen LogP contribution >= 0.6 is 0 Å². The molecular weight excluding hydrogens is 222 g/mol. The SMILES string of the molecule is COc1ccc(C2CNc3ccccc32)cc1C. The van der Waals surface area contributed by atoms with Gasteiger partial charge in [-0.15, -0.1) is 0 Å². The Kier molecular flexibility index (Phi) is 2.71. The van der Waals surface area contributed by atoms with Crippen molar-refractivity contribution in [2.24, 2.45) is 0 Å². The van der Waals surface area contributed by atoms with Crippen LogP contribution in [0.25, 0.3) is 0 Å². The minimum atomic E-state index is 0.450. The number of para-hydroxylation sites is 1. The molecule has 0 saturated carbocycles. The molecule has 1 aliphatic heterocycles. The van der Waals surface area contributed by atoms with Crippen molar-refractivity contribution in [2.75, 3.05) is 19.0 Å². The van der Waals surface area contributed by atoms with Gasteiger partial charge in [-0.05, 0) is 35.7 Å². The number of nitrogens with one attached hydrogen (secondary N) is 1. The molecule has 1 unspecified atom stereocenters. The van der Waals surface area contributed by atoms with Gasteiger partial charge in [0.15, 0.2) is 0 Å². The van der Waals surface area contributed by atoms with Crippen LogP contribution < -0.4 is 10.1 Å². The fraction of sp³-hybridized carbons (Fsp3) is 0.250. The lowest BCUT2D eigenvalue weighted by Crippen LogP contribution is -2.04. The van der Waals surface area contributed by atoms with Gasteiger partial charge in [-0.1, -0.05) is 30.3 Å². The number of hydrogen-bond donors (Lipinski definition) is 1. The summed E-state index contributed by atoms with van der Waals surface area (Å²) in [4.78, 5) is 0. The van der Waals surface area contributed by atoms with E-state index in [9.17, 15) is 0 Å². The number of hydrogen-bond acceptors (Lipinski definition) is 2. The van der Waals surface area contributed by atoms with Gasteiger partial charge in [-0.3, -0.25) is 0 Å². The summed E-state index contributed by atoms with van der Waals surface area (Å²) < 4.78 is 5.32. The maximum Gasteiger partial charge on any atom is 0.121 e. The van der Waals surface area contributed by atoms with E-state index in [1.807, 2.05) is 0 Å². The van der Waals surface area contributed by atoms with Gasteiger partial charge in [0, 0.05) is 18.2 Å². The van der Waals surface area contributed by atoms with Gasteiger partial charge in [-0.25, -0.2) is 0 Å². The lowest BCUT2D eigenvalue weighted by atomic mass is 9.92. The van der Waals surface area contributed by atoms with Crippen molar-refractivity contribution in [3.8, 4) is 5.75 Å². The largest absolute Gasteiger partial charge is 0.496 e. The van der Waals surface area contributed by atoms with E-state index in [2.05, 4.69) is 54.7 Å². The Morgan fingerprint density at radius 2 is 2.00 bits per heavy atom. The van der Waals surface area contributed by atoms with Crippen LogP contribution in [0, 0.1) is 6.92 Å². The monoisotopic (exact) mass is 239 g/mol. The second-order valence-electron chi connectivity index (χ2n) is 4.75. The highest BCUT2D eigenvalue weighted by Crippen LogP contribution is 2.36. The zero-order valence-electron chi connectivity index (χ0n) is 10.7. The Hall–Kier alpha value is -1.96. The van der Waals surface area contributed by atoms with E-state index >= 15 is 0 Å². The summed E-state index contributed by atoms with van der Waals surface area (Å²) >= 11 is 0. The van der Waals surface area contributed by atoms with Crippen molar-refractivity contribution in [3.63, 3.8) is 0 Å². The van der Waals surface area contributed by atoms with E-state index in [1.54, 1.807) is 7.11 Å². The predicted octanol–water partition coefficient (Wildman–Crippen LogP) is 3.56. The number of ether oxygens (including phenoxy) is 1. The molecule has 0 aliphatic carbocycles. The number of rotatable bonds is 2. The average molecular weight is 239 g/mol. The summed E-state index contributed by atoms with van der Waals surface area (Å²) in [6.45, 7) is 3.07. The first-order valence-electron chi connectivity index (χ1n) is 6.27. The van der Waals surface area contributed by atoms with E-state index in [4.69, 9.17) is 4.74 Å². The zero-order chi connectivity index (χ0) is 12.5. The van der Waals surface area contributed by atoms with Crippen molar-refractivity contribution in [1.82, 2.24) is 0 Å². The molecule has 1 heterocycles. The molecule has 0 radical (unpaired) electrons. The van der Waals surface area contributed by atoms with Crippen LogP contribution in [0.5, 0.6) is 5.75 Å². The third-order valence-corrected chi connectivity index (χ3v) is 3.65. The maximum absolute atomic E-state index is 5.32. The van der Waals surface area contributed by atoms with E-state index < -0.39 is 0 Å². The molecule has 1 aliphatic rings. The van der Waals surface area contributed by atoms with Crippen molar-refractivity contribution in [3.05, 3.63) is 59.2 Å². The second kappa shape index (κ2) is 4.37. The lowest BCUT2D eigenvalue weighted by molar-refractivity contribution is 0.411. The Balaban J connectivity index is 2.00. The van der Waals surface area contributed by atoms with Crippen LogP contribution in [0.15, 0.2) is 42.5 Å². The molecule has 1 N–H and O–H groups in total. The Morgan fingerprint density at radius 3 is 2.78 bits per heavy atom. The van der Waals surface area contributed by atoms with E-state index in [0.29, 0.717) is 5.92 Å². The lowest BCUT2D eigenvalue weighted by Gasteiger charge is -2.13. The first-order valence-corrected chi connectivity index (χ1v) is 6.27. The Bertz CT molecular complexity index is 577. The standard InChI is InChI=1S/C16H17NO/c1-11-9-12(7-8-16(11)18-2)14-10-17-15-6-4-3-5-13(14)15/h3-9,14,17H,10H2,1-2H3. The summed E-state index contributed by atoms with van der Waals surface area (Å²) in [6, 6.07) is 15.0. The zero-order valence-corrected chi connectivity index (χ0v) is 10.7. The summed E-state index contributed by atoms with van der Waals surface area (Å²) in [5.41, 5.74) is 5.20. The first kappa shape index (κ1) is 11.1. The van der Waals surface area contributed by atoms with Crippen molar-refractivity contribution < 1.29 is 4.74 Å². The van der Waals surface area contributed by atoms with Gasteiger partial charge in [0.1, 0.15) is 5.75 Å². The highest BCUT2D eigenvalue weighted by atomic mass is 16.5. The van der Waals surface area contributed by atoms with Gasteiger partial charge in [0.2, 0.25) is 0 Å². The molecular formula is C16H17NO. The maximum atomic E-state index is 5.32. The minimum absolute atomic E-state index is 0.450. The molecule has 2 aromatic rings. The third-order valence-electron chi connectivity index (χ3n) is 3.65. The second-order valence-corrected chi connectivity index (χ2v) is 4.75. The highest BCUT2D eigenvalue weighted by Gasteiger charge is 2.23. The molecule has 0 amide bonds. The molecule has 3 rings (SSSR count). The average Bonchev–Trinajstić information content (AvgIpc) is 2.82. The minimum Gasteiger partial charge on any atom is -0.496 e. The molecule has 2 aromatic carbocycles. The van der Waals surface area contributed by atoms with Gasteiger partial charge in [0.25, 0.3) is 0 Å². The summed E-state index contributed by atoms with van der Waals surface area (Å²) in [5, 5.41) is 3.47. The summed E-state index contributed by atoms with van der Waals surface area (Å²) in [7, 11) is 1.72. The van der Waals surface area contributed by atoms with Crippen LogP contribution in [0.2, 0.25) is 0 Å². The highest BCUT2D eigenvalue weighted by molar-refractivity contribution is 5.61. The van der Waals surface area contributed by atoms with E-state index in [1.165, 1.54) is 22.4 Å². The van der Waals surface area contributed by atoms with Crippen LogP contribution in [0.3, 0.4) is 0 Å². The fourth-order valence-electron chi connectivity index (χ4n) is 2.70. The van der Waals surface area contributed by atoms with Crippen LogP contribution in [-0.2, 0) is 0 Å². The van der Waals surface area contributed by atoms with Crippen LogP contribution in [0.4, 0.5) is 5.69 Å². The van der Waals surface area contributed by atoms with Crippen LogP contribution in [0.1, 0.15) is 22.6 Å². The summed E-state index contributed by atoms with van der Waals surface area (Å²) in [5.74, 6) is 1.41. The molecule has 0 saturated heterocycles. The number of methoxy groups -OCH3 is 1. The number of fused-ring (bicyclic) bond motifs is 1. The van der Waals surface area contributed by atoms with E-state index in [-0.39, 0.29) is 0 Å². The molecule has 2 heteroatoms. The first-order chi connectivity index (χ1) is 8.79. The van der Waals surface area contributed by atoms with Gasteiger partial charge in [0.05, 0.1) is 7.11 Å². The van der Waals surface area contributed by atoms with Crippen molar-refractivity contribution >= 4 is 5.69 Å². The molecule has 0 bridgehead atoms. The Labute approximate surface area is 108 Å². The smallest absolute Gasteiger partial charge is 0.121 e. The van der Waals surface area contributed by atoms with Gasteiger partial charge < -0.3 is 10.1 Å². The summed E-state index contributed by atoms with van der Waals surface area (Å²) in [6.07, 6.45) is 0. The van der Waals surface area contributed by atoms with Crippen molar-refractivity contribution in [1.29, 1.82) is 0 Å². The van der Waals surface area contributed by atoms with Crippen LogP contribution in [-0.4, -0.2) is 13.7 Å². The molecule has 92 valence electrons. The third kappa shape index (κ3) is 1.74. The van der Waals surface area contributed by atoms with Gasteiger partial charge >= 0.3 is 0 Å². The fourth-order valence-corrected chi connectivity index (χ4v) is 2.70. The Morgan fingerprint density at radius 1 is 1.17 bits per heavy atom. The number of aryl methyl sites for hydroxylation is 1. The molecule has 0 fully saturated rings. The van der Waals surface area contributed by atoms with Gasteiger partial charge in [-0.2, -0.15) is 0 Å². The molecule has 18 heavy (non-hydrogen) atoms. The molecule has 1 atom stereocenters. The molecule has 2 nitrogen and oxygen atoms in total. The normalized spacial score (nSPS) is 17.1. The quantitative estimate of drug-likeness (QED) is 0.865. The van der Waals surface area contributed by atoms with E-state index in [0.717, 1.165) is 12.3 Å². The van der Waals surface area contributed by atoms with Crippen molar-refractivity contribution in [2.45, 2.75) is 12.8 Å². The molecule has 0 aromatic heterocycles. The number of benzene rings is 2. The molecule has 0 spiro atoms. The topological polar surface area (TPSA) is 21.3 Å². The number of anilines is 1.